The largest absolute Gasteiger partial charge is 0.355 e. The second kappa shape index (κ2) is 8.32. The number of halogens is 2. The number of carbonyl (C=O) groups is 2. The summed E-state index contributed by atoms with van der Waals surface area (Å²) in [6, 6.07) is 12.5. The molecule has 0 saturated heterocycles. The maximum absolute atomic E-state index is 13.3. The van der Waals surface area contributed by atoms with E-state index in [2.05, 4.69) is 10.6 Å². The number of rotatable bonds is 4. The van der Waals surface area contributed by atoms with Gasteiger partial charge in [0.15, 0.2) is 0 Å². The monoisotopic (exact) mass is 404 g/mol. The topological polar surface area (TPSA) is 58.2 Å². The molecule has 0 unspecified atom stereocenters. The van der Waals surface area contributed by atoms with Gasteiger partial charge in [-0.1, -0.05) is 54.6 Å². The quantitative estimate of drug-likeness (QED) is 0.735. The normalized spacial score (nSPS) is 15.8. The van der Waals surface area contributed by atoms with Crippen molar-refractivity contribution in [1.82, 2.24) is 5.32 Å². The lowest BCUT2D eigenvalue weighted by Crippen LogP contribution is -2.42. The van der Waals surface area contributed by atoms with Crippen LogP contribution in [-0.4, -0.2) is 18.9 Å². The van der Waals surface area contributed by atoms with Crippen LogP contribution in [0, 0.1) is 0 Å². The van der Waals surface area contributed by atoms with Gasteiger partial charge in [-0.3, -0.25) is 9.59 Å². The van der Waals surface area contributed by atoms with Gasteiger partial charge in [0.05, 0.1) is 16.0 Å². The molecule has 1 saturated carbocycles. The van der Waals surface area contributed by atoms with Gasteiger partial charge in [-0.25, -0.2) is 0 Å². The third kappa shape index (κ3) is 4.12. The lowest BCUT2D eigenvalue weighted by Gasteiger charge is -2.36. The highest BCUT2D eigenvalue weighted by Gasteiger charge is 2.41. The zero-order chi connectivity index (χ0) is 19.4. The van der Waals surface area contributed by atoms with Crippen LogP contribution < -0.4 is 10.6 Å². The van der Waals surface area contributed by atoms with E-state index in [-0.39, 0.29) is 11.8 Å². The van der Waals surface area contributed by atoms with Crippen LogP contribution >= 0.6 is 23.2 Å². The van der Waals surface area contributed by atoms with E-state index in [0.717, 1.165) is 37.7 Å². The van der Waals surface area contributed by atoms with Gasteiger partial charge in [0.25, 0.3) is 5.91 Å². The highest BCUT2D eigenvalue weighted by molar-refractivity contribution is 6.34. The molecule has 2 N–H and O–H groups in total. The van der Waals surface area contributed by atoms with Crippen molar-refractivity contribution in [2.45, 2.75) is 37.5 Å². The zero-order valence-corrected chi connectivity index (χ0v) is 16.7. The predicted molar refractivity (Wildman–Crippen MR) is 110 cm³/mol. The summed E-state index contributed by atoms with van der Waals surface area (Å²) in [4.78, 5) is 25.3. The molecule has 2 aromatic carbocycles. The number of hydrogen-bond donors (Lipinski definition) is 2. The van der Waals surface area contributed by atoms with Gasteiger partial charge in [0.2, 0.25) is 5.91 Å². The lowest BCUT2D eigenvalue weighted by molar-refractivity contribution is -0.122. The number of hydrogen-bond acceptors (Lipinski definition) is 2. The van der Waals surface area contributed by atoms with E-state index < -0.39 is 5.41 Å². The second-order valence-corrected chi connectivity index (χ2v) is 7.72. The molecular formula is C21H22Cl2N2O2. The molecule has 2 aromatic rings. The number of benzene rings is 2. The molecule has 0 radical (unpaired) electrons. The minimum atomic E-state index is -0.615. The first-order valence-electron chi connectivity index (χ1n) is 9.05. The fourth-order valence-electron chi connectivity index (χ4n) is 3.75. The second-order valence-electron chi connectivity index (χ2n) is 6.88. The van der Waals surface area contributed by atoms with Crippen molar-refractivity contribution in [3.8, 4) is 0 Å². The van der Waals surface area contributed by atoms with Crippen LogP contribution in [-0.2, 0) is 10.2 Å². The number of nitrogens with one attached hydrogen (secondary N) is 2. The highest BCUT2D eigenvalue weighted by atomic mass is 35.5. The van der Waals surface area contributed by atoms with Gasteiger partial charge >= 0.3 is 0 Å². The van der Waals surface area contributed by atoms with E-state index in [1.807, 2.05) is 24.3 Å². The molecule has 4 nitrogen and oxygen atoms in total. The van der Waals surface area contributed by atoms with E-state index in [0.29, 0.717) is 21.3 Å². The van der Waals surface area contributed by atoms with Crippen LogP contribution in [0.4, 0.5) is 5.69 Å². The summed E-state index contributed by atoms with van der Waals surface area (Å²) in [5.74, 6) is -0.368. The van der Waals surface area contributed by atoms with E-state index in [1.54, 1.807) is 25.2 Å². The Kier molecular flexibility index (Phi) is 6.08. The SMILES string of the molecule is CNC(=O)c1cc(NC(=O)C2(c3cccc(Cl)c3)CCCCC2)ccc1Cl. The molecule has 3 rings (SSSR count). The fourth-order valence-corrected chi connectivity index (χ4v) is 4.14. The summed E-state index contributed by atoms with van der Waals surface area (Å²) in [5.41, 5.74) is 1.20. The van der Waals surface area contributed by atoms with Crippen molar-refractivity contribution in [2.24, 2.45) is 0 Å². The van der Waals surface area contributed by atoms with E-state index in [4.69, 9.17) is 23.2 Å². The van der Waals surface area contributed by atoms with E-state index in [1.165, 1.54) is 0 Å². The number of anilines is 1. The van der Waals surface area contributed by atoms with Crippen molar-refractivity contribution < 1.29 is 9.59 Å². The van der Waals surface area contributed by atoms with Gasteiger partial charge in [0.1, 0.15) is 0 Å². The van der Waals surface area contributed by atoms with Crippen LogP contribution in [0.15, 0.2) is 42.5 Å². The van der Waals surface area contributed by atoms with Crippen LogP contribution in [0.5, 0.6) is 0 Å². The Morgan fingerprint density at radius 3 is 2.41 bits per heavy atom. The summed E-state index contributed by atoms with van der Waals surface area (Å²) >= 11 is 12.3. The Hall–Kier alpha value is -2.04. The average Bonchev–Trinajstić information content (AvgIpc) is 2.69. The Balaban J connectivity index is 1.93. The smallest absolute Gasteiger partial charge is 0.252 e. The molecule has 2 amide bonds. The minimum absolute atomic E-state index is 0.0744. The summed E-state index contributed by atoms with van der Waals surface area (Å²) in [5, 5.41) is 6.52. The summed E-state index contributed by atoms with van der Waals surface area (Å²) in [6.07, 6.45) is 4.65. The van der Waals surface area contributed by atoms with Gasteiger partial charge in [0, 0.05) is 17.8 Å². The standard InChI is InChI=1S/C21H22Cl2N2O2/c1-24-19(26)17-13-16(8-9-18(17)23)25-20(27)21(10-3-2-4-11-21)14-6-5-7-15(22)12-14/h5-9,12-13H,2-4,10-11H2,1H3,(H,24,26)(H,25,27). The van der Waals surface area contributed by atoms with Gasteiger partial charge in [-0.2, -0.15) is 0 Å². The van der Waals surface area contributed by atoms with Crippen LogP contribution in [0.1, 0.15) is 48.0 Å². The van der Waals surface area contributed by atoms with E-state index in [9.17, 15) is 9.59 Å². The van der Waals surface area contributed by atoms with Crippen molar-refractivity contribution in [3.05, 3.63) is 63.6 Å². The third-order valence-electron chi connectivity index (χ3n) is 5.21. The molecule has 0 heterocycles. The lowest BCUT2D eigenvalue weighted by atomic mass is 9.68. The van der Waals surface area contributed by atoms with Gasteiger partial charge in [-0.15, -0.1) is 0 Å². The number of amides is 2. The molecule has 6 heteroatoms. The molecule has 0 bridgehead atoms. The average molecular weight is 405 g/mol. The zero-order valence-electron chi connectivity index (χ0n) is 15.1. The first kappa shape index (κ1) is 19.7. The third-order valence-corrected chi connectivity index (χ3v) is 5.78. The maximum Gasteiger partial charge on any atom is 0.252 e. The van der Waals surface area contributed by atoms with Gasteiger partial charge in [-0.05, 0) is 48.7 Å². The van der Waals surface area contributed by atoms with Crippen molar-refractivity contribution in [3.63, 3.8) is 0 Å². The molecule has 0 aromatic heterocycles. The summed E-state index contributed by atoms with van der Waals surface area (Å²) in [6.45, 7) is 0. The molecule has 0 spiro atoms. The molecule has 142 valence electrons. The Labute approximate surface area is 169 Å². The van der Waals surface area contributed by atoms with Crippen molar-refractivity contribution in [1.29, 1.82) is 0 Å². The summed E-state index contributed by atoms with van der Waals surface area (Å²) in [7, 11) is 1.54. The highest BCUT2D eigenvalue weighted by Crippen LogP contribution is 2.41. The Morgan fingerprint density at radius 2 is 1.74 bits per heavy atom. The molecule has 0 aliphatic heterocycles. The fraction of sp³-hybridized carbons (Fsp3) is 0.333. The van der Waals surface area contributed by atoms with Crippen molar-refractivity contribution in [2.75, 3.05) is 12.4 Å². The molecule has 1 fully saturated rings. The van der Waals surface area contributed by atoms with Crippen LogP contribution in [0.25, 0.3) is 0 Å². The molecule has 1 aliphatic carbocycles. The number of carbonyl (C=O) groups excluding carboxylic acids is 2. The summed E-state index contributed by atoms with van der Waals surface area (Å²) < 4.78 is 0. The predicted octanol–water partition coefficient (Wildman–Crippen LogP) is 5.19. The van der Waals surface area contributed by atoms with E-state index >= 15 is 0 Å². The molecular weight excluding hydrogens is 383 g/mol. The Morgan fingerprint density at radius 1 is 1.00 bits per heavy atom. The first-order chi connectivity index (χ1) is 13.0. The minimum Gasteiger partial charge on any atom is -0.355 e. The Bertz CT molecular complexity index is 861. The van der Waals surface area contributed by atoms with Gasteiger partial charge < -0.3 is 10.6 Å². The molecule has 27 heavy (non-hydrogen) atoms. The first-order valence-corrected chi connectivity index (χ1v) is 9.81. The van der Waals surface area contributed by atoms with Crippen LogP contribution in [0.2, 0.25) is 10.0 Å². The molecule has 0 atom stereocenters. The molecule has 1 aliphatic rings. The maximum atomic E-state index is 13.3. The van der Waals surface area contributed by atoms with Crippen molar-refractivity contribution >= 4 is 40.7 Å². The van der Waals surface area contributed by atoms with Crippen LogP contribution in [0.3, 0.4) is 0 Å².